The lowest BCUT2D eigenvalue weighted by Gasteiger charge is -2.11. The van der Waals surface area contributed by atoms with Gasteiger partial charge in [-0.1, -0.05) is 6.07 Å². The van der Waals surface area contributed by atoms with Crippen molar-refractivity contribution in [1.29, 1.82) is 0 Å². The van der Waals surface area contributed by atoms with Crippen LogP contribution in [0, 0.1) is 19.5 Å². The van der Waals surface area contributed by atoms with Gasteiger partial charge in [0.15, 0.2) is 0 Å². The molecule has 0 radical (unpaired) electrons. The molecular weight excluding hydrogens is 394 g/mol. The number of anilines is 2. The fraction of sp³-hybridized carbons (Fsp3) is 0. The number of halogens is 2. The summed E-state index contributed by atoms with van der Waals surface area (Å²) in [6.45, 7) is 0. The maximum absolute atomic E-state index is 13.1. The number of carboxylic acid groups (broad SMARTS) is 1. The van der Waals surface area contributed by atoms with Crippen LogP contribution in [-0.2, 0) is 0 Å². The topological polar surface area (TPSA) is 92.5 Å². The molecule has 21 heavy (non-hydrogen) atoms. The molecule has 2 aromatic carbocycles. The van der Waals surface area contributed by atoms with Gasteiger partial charge in [-0.25, -0.2) is 9.18 Å². The Hall–Kier alpha value is -2.23. The van der Waals surface area contributed by atoms with Gasteiger partial charge in [-0.15, -0.1) is 0 Å². The maximum atomic E-state index is 13.1. The van der Waals surface area contributed by atoms with Crippen molar-refractivity contribution in [1.82, 2.24) is 0 Å². The van der Waals surface area contributed by atoms with Crippen LogP contribution in [0.4, 0.5) is 21.5 Å². The molecule has 0 atom stereocenters. The normalized spacial score (nSPS) is 10.2. The van der Waals surface area contributed by atoms with Crippen LogP contribution < -0.4 is 5.32 Å². The zero-order valence-corrected chi connectivity index (χ0v) is 12.5. The van der Waals surface area contributed by atoms with E-state index in [0.29, 0.717) is 9.26 Å². The Bertz CT molecular complexity index is 704. The lowest BCUT2D eigenvalue weighted by molar-refractivity contribution is -0.383. The van der Waals surface area contributed by atoms with Crippen molar-refractivity contribution in [2.45, 2.75) is 0 Å². The van der Waals surface area contributed by atoms with E-state index in [1.807, 2.05) is 22.6 Å². The van der Waals surface area contributed by atoms with Gasteiger partial charge in [-0.3, -0.25) is 10.1 Å². The van der Waals surface area contributed by atoms with E-state index in [-0.39, 0.29) is 16.9 Å². The van der Waals surface area contributed by atoms with Crippen LogP contribution in [0.3, 0.4) is 0 Å². The van der Waals surface area contributed by atoms with Gasteiger partial charge in [-0.05, 0) is 46.9 Å². The summed E-state index contributed by atoms with van der Waals surface area (Å²) in [4.78, 5) is 21.6. The number of hydrogen-bond acceptors (Lipinski definition) is 4. The molecule has 0 amide bonds. The van der Waals surface area contributed by atoms with Crippen LogP contribution in [0.25, 0.3) is 0 Å². The molecule has 0 saturated heterocycles. The smallest absolute Gasteiger partial charge is 0.338 e. The summed E-state index contributed by atoms with van der Waals surface area (Å²) in [7, 11) is 0. The summed E-state index contributed by atoms with van der Waals surface area (Å²) in [5.74, 6) is -1.75. The Morgan fingerprint density at radius 2 is 2.05 bits per heavy atom. The third-order valence-electron chi connectivity index (χ3n) is 2.66. The number of aromatic carboxylic acids is 1. The van der Waals surface area contributed by atoms with Gasteiger partial charge in [0.1, 0.15) is 11.5 Å². The first-order valence-corrected chi connectivity index (χ1v) is 6.71. The number of nitro benzene ring substituents is 1. The average Bonchev–Trinajstić information content (AvgIpc) is 2.41. The molecule has 0 saturated carbocycles. The second-order valence-corrected chi connectivity index (χ2v) is 5.17. The highest BCUT2D eigenvalue weighted by Gasteiger charge is 2.22. The first-order valence-electron chi connectivity index (χ1n) is 5.63. The van der Waals surface area contributed by atoms with Crippen LogP contribution in [-0.4, -0.2) is 16.0 Å². The Morgan fingerprint density at radius 3 is 2.62 bits per heavy atom. The van der Waals surface area contributed by atoms with Gasteiger partial charge in [0, 0.05) is 9.64 Å². The number of para-hydroxylation sites is 1. The number of carbonyl (C=O) groups is 1. The number of benzene rings is 2. The van der Waals surface area contributed by atoms with E-state index in [1.54, 1.807) is 0 Å². The van der Waals surface area contributed by atoms with Crippen molar-refractivity contribution in [3.05, 3.63) is 61.5 Å². The quantitative estimate of drug-likeness (QED) is 0.462. The molecule has 0 bridgehead atoms. The predicted molar refractivity (Wildman–Crippen MR) is 82.5 cm³/mol. The Morgan fingerprint density at radius 1 is 1.33 bits per heavy atom. The molecule has 6 nitrogen and oxygen atoms in total. The number of hydrogen-bond donors (Lipinski definition) is 2. The molecule has 0 aromatic heterocycles. The third kappa shape index (κ3) is 3.27. The summed E-state index contributed by atoms with van der Waals surface area (Å²) in [6, 6.07) is 7.55. The Balaban J connectivity index is 2.56. The van der Waals surface area contributed by atoms with Gasteiger partial charge < -0.3 is 10.4 Å². The molecule has 0 spiro atoms. The standard InChI is InChI=1S/C13H8FIN2O4/c14-7-4-5-10(9(15)6-7)16-12-8(13(18)19)2-1-3-11(12)17(20)21/h1-6,16H,(H,18,19). The first-order chi connectivity index (χ1) is 9.90. The van der Waals surface area contributed by atoms with E-state index in [0.717, 1.165) is 0 Å². The van der Waals surface area contributed by atoms with Crippen LogP contribution in [0.2, 0.25) is 0 Å². The van der Waals surface area contributed by atoms with Crippen LogP contribution in [0.5, 0.6) is 0 Å². The number of nitrogens with zero attached hydrogens (tertiary/aromatic N) is 1. The lowest BCUT2D eigenvalue weighted by atomic mass is 10.1. The fourth-order valence-electron chi connectivity index (χ4n) is 1.73. The molecule has 2 N–H and O–H groups in total. The zero-order valence-electron chi connectivity index (χ0n) is 10.3. The highest BCUT2D eigenvalue weighted by atomic mass is 127. The highest BCUT2D eigenvalue weighted by Crippen LogP contribution is 2.33. The van der Waals surface area contributed by atoms with Crippen molar-refractivity contribution in [2.24, 2.45) is 0 Å². The molecule has 8 heteroatoms. The van der Waals surface area contributed by atoms with Gasteiger partial charge >= 0.3 is 5.97 Å². The van der Waals surface area contributed by atoms with Gasteiger partial charge in [0.05, 0.1) is 16.2 Å². The second kappa shape index (κ2) is 6.04. The molecule has 0 aliphatic rings. The SMILES string of the molecule is O=C(O)c1cccc([N+](=O)[O-])c1Nc1ccc(F)cc1I. The van der Waals surface area contributed by atoms with Crippen LogP contribution in [0.15, 0.2) is 36.4 Å². The number of carboxylic acids is 1. The molecule has 0 aliphatic carbocycles. The van der Waals surface area contributed by atoms with E-state index in [2.05, 4.69) is 5.32 Å². The summed E-state index contributed by atoms with van der Waals surface area (Å²) in [5.41, 5.74) is -0.354. The van der Waals surface area contributed by atoms with Gasteiger partial charge in [-0.2, -0.15) is 0 Å². The predicted octanol–water partition coefficient (Wildman–Crippen LogP) is 3.78. The second-order valence-electron chi connectivity index (χ2n) is 4.01. The Labute approximate surface area is 131 Å². The zero-order chi connectivity index (χ0) is 15.6. The Kier molecular flexibility index (Phi) is 4.36. The minimum absolute atomic E-state index is 0.139. The molecule has 2 aromatic rings. The van der Waals surface area contributed by atoms with E-state index in [9.17, 15) is 19.3 Å². The van der Waals surface area contributed by atoms with Crippen molar-refractivity contribution < 1.29 is 19.2 Å². The van der Waals surface area contributed by atoms with E-state index in [1.165, 1.54) is 36.4 Å². The summed E-state index contributed by atoms with van der Waals surface area (Å²) >= 11 is 1.85. The van der Waals surface area contributed by atoms with Gasteiger partial charge in [0.2, 0.25) is 0 Å². The molecule has 2 rings (SSSR count). The summed E-state index contributed by atoms with van der Waals surface area (Å²) in [6.07, 6.45) is 0. The molecule has 108 valence electrons. The largest absolute Gasteiger partial charge is 0.478 e. The first kappa shape index (κ1) is 15.2. The number of nitrogens with one attached hydrogen (secondary N) is 1. The van der Waals surface area contributed by atoms with Crippen molar-refractivity contribution >= 4 is 45.6 Å². The summed E-state index contributed by atoms with van der Waals surface area (Å²) < 4.78 is 13.5. The fourth-order valence-corrected chi connectivity index (χ4v) is 2.34. The van der Waals surface area contributed by atoms with E-state index >= 15 is 0 Å². The van der Waals surface area contributed by atoms with Crippen molar-refractivity contribution in [3.8, 4) is 0 Å². The number of rotatable bonds is 4. The molecule has 0 aliphatic heterocycles. The van der Waals surface area contributed by atoms with Crippen molar-refractivity contribution in [3.63, 3.8) is 0 Å². The molecule has 0 heterocycles. The number of nitro groups is 1. The summed E-state index contributed by atoms with van der Waals surface area (Å²) in [5, 5.41) is 22.9. The maximum Gasteiger partial charge on any atom is 0.338 e. The van der Waals surface area contributed by atoms with E-state index < -0.39 is 16.7 Å². The minimum atomic E-state index is -1.29. The monoisotopic (exact) mass is 402 g/mol. The van der Waals surface area contributed by atoms with E-state index in [4.69, 9.17) is 5.11 Å². The minimum Gasteiger partial charge on any atom is -0.478 e. The molecular formula is C13H8FIN2O4. The average molecular weight is 402 g/mol. The highest BCUT2D eigenvalue weighted by molar-refractivity contribution is 14.1. The third-order valence-corrected chi connectivity index (χ3v) is 3.55. The van der Waals surface area contributed by atoms with Crippen LogP contribution >= 0.6 is 22.6 Å². The molecule has 0 fully saturated rings. The van der Waals surface area contributed by atoms with Gasteiger partial charge in [0.25, 0.3) is 5.69 Å². The van der Waals surface area contributed by atoms with Crippen LogP contribution in [0.1, 0.15) is 10.4 Å². The molecule has 0 unspecified atom stereocenters. The van der Waals surface area contributed by atoms with Crippen molar-refractivity contribution in [2.75, 3.05) is 5.32 Å². The lowest BCUT2D eigenvalue weighted by Crippen LogP contribution is -2.06.